The van der Waals surface area contributed by atoms with Crippen LogP contribution in [0.5, 0.6) is 5.75 Å². The number of nitrogens with one attached hydrogen (secondary N) is 2. The van der Waals surface area contributed by atoms with E-state index in [0.717, 1.165) is 46.9 Å². The van der Waals surface area contributed by atoms with Crippen molar-refractivity contribution in [2.24, 2.45) is 0 Å². The predicted octanol–water partition coefficient (Wildman–Crippen LogP) is 3.37. The number of carbonyl (C=O) groups is 1. The number of nitrogens with zero attached hydrogens (tertiary/aromatic N) is 1. The van der Waals surface area contributed by atoms with Crippen LogP contribution in [0.1, 0.15) is 20.9 Å². The highest BCUT2D eigenvalue weighted by Gasteiger charge is 2.20. The third-order valence-corrected chi connectivity index (χ3v) is 6.78. The van der Waals surface area contributed by atoms with E-state index in [0.29, 0.717) is 23.5 Å². The van der Waals surface area contributed by atoms with Gasteiger partial charge in [-0.2, -0.15) is 0 Å². The molecule has 10 heteroatoms. The van der Waals surface area contributed by atoms with Gasteiger partial charge in [-0.25, -0.2) is 17.8 Å². The van der Waals surface area contributed by atoms with Crippen LogP contribution in [-0.2, 0) is 16.4 Å². The average Bonchev–Trinajstić information content (AvgIpc) is 3.08. The zero-order valence-electron chi connectivity index (χ0n) is 16.3. The van der Waals surface area contributed by atoms with Crippen molar-refractivity contribution in [2.75, 3.05) is 18.4 Å². The number of halogens is 1. The number of ether oxygens (including phenoxy) is 1. The molecule has 1 heterocycles. The van der Waals surface area contributed by atoms with E-state index in [1.54, 1.807) is 14.0 Å². The molecule has 0 saturated carbocycles. The van der Waals surface area contributed by atoms with Gasteiger partial charge in [-0.15, -0.1) is 0 Å². The van der Waals surface area contributed by atoms with Crippen LogP contribution in [0, 0.1) is 12.7 Å². The fraction of sp³-hybridized carbons (Fsp3) is 0.200. The molecule has 1 amide bonds. The Morgan fingerprint density at radius 1 is 1.17 bits per heavy atom. The second-order valence-corrected chi connectivity index (χ2v) is 8.99. The highest BCUT2D eigenvalue weighted by atomic mass is 32.2. The van der Waals surface area contributed by atoms with E-state index in [1.807, 2.05) is 24.3 Å². The van der Waals surface area contributed by atoms with E-state index in [-0.39, 0.29) is 15.9 Å². The van der Waals surface area contributed by atoms with Crippen molar-refractivity contribution < 1.29 is 22.3 Å². The quantitative estimate of drug-likeness (QED) is 0.550. The molecule has 2 aromatic carbocycles. The van der Waals surface area contributed by atoms with Crippen molar-refractivity contribution in [2.45, 2.75) is 18.2 Å². The topological polar surface area (TPSA) is 97.4 Å². The van der Waals surface area contributed by atoms with Crippen LogP contribution in [0.15, 0.2) is 53.4 Å². The van der Waals surface area contributed by atoms with E-state index >= 15 is 0 Å². The molecule has 0 saturated heterocycles. The maximum absolute atomic E-state index is 13.0. The Hall–Kier alpha value is -2.98. The maximum Gasteiger partial charge on any atom is 0.263 e. The van der Waals surface area contributed by atoms with Crippen molar-refractivity contribution in [1.82, 2.24) is 10.3 Å². The number of sulfonamides is 1. The average molecular weight is 450 g/mol. The summed E-state index contributed by atoms with van der Waals surface area (Å²) in [7, 11) is -2.34. The summed E-state index contributed by atoms with van der Waals surface area (Å²) >= 11 is 0.934. The summed E-state index contributed by atoms with van der Waals surface area (Å²) in [5, 5.41) is 2.87. The first-order chi connectivity index (χ1) is 14.3. The molecule has 3 aromatic rings. The highest BCUT2D eigenvalue weighted by molar-refractivity contribution is 7.93. The lowest BCUT2D eigenvalue weighted by atomic mass is 10.1. The number of hydrogen-bond acceptors (Lipinski definition) is 6. The molecule has 0 aliphatic carbocycles. The molecule has 158 valence electrons. The summed E-state index contributed by atoms with van der Waals surface area (Å²) in [5.41, 5.74) is 1.38. The summed E-state index contributed by atoms with van der Waals surface area (Å²) in [4.78, 5) is 16.8. The molecule has 3 rings (SSSR count). The molecular formula is C20H20FN3O4S2. The number of aryl methyl sites for hydroxylation is 1. The number of hydrogen-bond donors (Lipinski definition) is 2. The fourth-order valence-corrected chi connectivity index (χ4v) is 4.86. The zero-order valence-corrected chi connectivity index (χ0v) is 17.9. The summed E-state index contributed by atoms with van der Waals surface area (Å²) < 4.78 is 45.5. The van der Waals surface area contributed by atoms with Crippen LogP contribution in [0.25, 0.3) is 0 Å². The monoisotopic (exact) mass is 449 g/mol. The Kier molecular flexibility index (Phi) is 6.68. The van der Waals surface area contributed by atoms with E-state index in [1.165, 1.54) is 0 Å². The van der Waals surface area contributed by atoms with Crippen molar-refractivity contribution in [1.29, 1.82) is 0 Å². The molecule has 0 aliphatic rings. The van der Waals surface area contributed by atoms with Gasteiger partial charge in [0.15, 0.2) is 5.13 Å². The number of aromatic nitrogens is 1. The van der Waals surface area contributed by atoms with Gasteiger partial charge >= 0.3 is 0 Å². The molecular weight excluding hydrogens is 429 g/mol. The van der Waals surface area contributed by atoms with Crippen molar-refractivity contribution in [3.8, 4) is 5.75 Å². The van der Waals surface area contributed by atoms with Crippen LogP contribution < -0.4 is 14.8 Å². The van der Waals surface area contributed by atoms with Crippen LogP contribution in [0.4, 0.5) is 9.52 Å². The standard InChI is InChI=1S/C20H20FN3O4S2/c1-13-18(19(25)22-12-11-14-5-3-4-6-17(14)28-2)29-20(23-13)24-30(26,27)16-9-7-15(21)8-10-16/h3-10H,11-12H2,1-2H3,(H,22,25)(H,23,24). The van der Waals surface area contributed by atoms with Gasteiger partial charge in [-0.3, -0.25) is 9.52 Å². The van der Waals surface area contributed by atoms with Gasteiger partial charge in [-0.05, 0) is 49.2 Å². The summed E-state index contributed by atoms with van der Waals surface area (Å²) in [6.45, 7) is 2.01. The van der Waals surface area contributed by atoms with Gasteiger partial charge in [0.25, 0.3) is 15.9 Å². The first-order valence-corrected chi connectivity index (χ1v) is 11.3. The number of thiazole rings is 1. The number of methoxy groups -OCH3 is 1. The molecule has 0 radical (unpaired) electrons. The van der Waals surface area contributed by atoms with Gasteiger partial charge in [0, 0.05) is 6.54 Å². The number of rotatable bonds is 8. The number of benzene rings is 2. The second kappa shape index (κ2) is 9.23. The molecule has 2 N–H and O–H groups in total. The van der Waals surface area contributed by atoms with E-state index in [9.17, 15) is 17.6 Å². The van der Waals surface area contributed by atoms with E-state index in [4.69, 9.17) is 4.74 Å². The molecule has 0 fully saturated rings. The number of amides is 1. The number of carbonyl (C=O) groups excluding carboxylic acids is 1. The third-order valence-electron chi connectivity index (χ3n) is 4.22. The summed E-state index contributed by atoms with van der Waals surface area (Å²) in [6.07, 6.45) is 0.581. The Morgan fingerprint density at radius 2 is 1.87 bits per heavy atom. The predicted molar refractivity (Wildman–Crippen MR) is 113 cm³/mol. The summed E-state index contributed by atoms with van der Waals surface area (Å²) in [6, 6.07) is 12.0. The minimum atomic E-state index is -3.93. The molecule has 0 atom stereocenters. The number of para-hydroxylation sites is 1. The summed E-state index contributed by atoms with van der Waals surface area (Å²) in [5.74, 6) is -0.128. The van der Waals surface area contributed by atoms with Gasteiger partial charge < -0.3 is 10.1 Å². The smallest absolute Gasteiger partial charge is 0.263 e. The van der Waals surface area contributed by atoms with Crippen LogP contribution in [0.2, 0.25) is 0 Å². The first-order valence-electron chi connectivity index (χ1n) is 8.96. The zero-order chi connectivity index (χ0) is 21.7. The highest BCUT2D eigenvalue weighted by Crippen LogP contribution is 2.25. The van der Waals surface area contributed by atoms with Gasteiger partial charge in [0.2, 0.25) is 0 Å². The lowest BCUT2D eigenvalue weighted by Gasteiger charge is -2.08. The molecule has 0 aliphatic heterocycles. The Balaban J connectivity index is 1.65. The van der Waals surface area contributed by atoms with Crippen molar-refractivity contribution >= 4 is 32.4 Å². The Bertz CT molecular complexity index is 1150. The molecule has 30 heavy (non-hydrogen) atoms. The maximum atomic E-state index is 13.0. The van der Waals surface area contributed by atoms with Crippen molar-refractivity contribution in [3.63, 3.8) is 0 Å². The molecule has 1 aromatic heterocycles. The SMILES string of the molecule is COc1ccccc1CCNC(=O)c1sc(NS(=O)(=O)c2ccc(F)cc2)nc1C. The second-order valence-electron chi connectivity index (χ2n) is 6.31. The Labute approximate surface area is 178 Å². The van der Waals surface area contributed by atoms with Gasteiger partial charge in [0.05, 0.1) is 17.7 Å². The van der Waals surface area contributed by atoms with Gasteiger partial charge in [-0.1, -0.05) is 29.5 Å². The minimum Gasteiger partial charge on any atom is -0.496 e. The number of anilines is 1. The van der Waals surface area contributed by atoms with Crippen LogP contribution in [-0.4, -0.2) is 33.0 Å². The van der Waals surface area contributed by atoms with E-state index < -0.39 is 15.8 Å². The molecule has 7 nitrogen and oxygen atoms in total. The van der Waals surface area contributed by atoms with E-state index in [2.05, 4.69) is 15.0 Å². The minimum absolute atomic E-state index is 0.0618. The lowest BCUT2D eigenvalue weighted by Crippen LogP contribution is -2.25. The third kappa shape index (κ3) is 5.14. The van der Waals surface area contributed by atoms with Crippen molar-refractivity contribution in [3.05, 3.63) is 70.5 Å². The molecule has 0 spiro atoms. The van der Waals surface area contributed by atoms with Crippen LogP contribution >= 0.6 is 11.3 Å². The normalized spacial score (nSPS) is 11.2. The molecule has 0 bridgehead atoms. The largest absolute Gasteiger partial charge is 0.496 e. The first kappa shape index (κ1) is 21.7. The fourth-order valence-electron chi connectivity index (χ4n) is 2.74. The van der Waals surface area contributed by atoms with Gasteiger partial charge in [0.1, 0.15) is 16.4 Å². The molecule has 0 unspecified atom stereocenters. The van der Waals surface area contributed by atoms with Crippen LogP contribution in [0.3, 0.4) is 0 Å². The lowest BCUT2D eigenvalue weighted by molar-refractivity contribution is 0.0957. The Morgan fingerprint density at radius 3 is 2.57 bits per heavy atom.